The average Bonchev–Trinajstić information content (AvgIpc) is 3.05. The van der Waals surface area contributed by atoms with Gasteiger partial charge in [0.25, 0.3) is 15.9 Å². The third kappa shape index (κ3) is 4.78. The van der Waals surface area contributed by atoms with E-state index in [0.29, 0.717) is 47.4 Å². The van der Waals surface area contributed by atoms with Crippen LogP contribution < -0.4 is 24.2 Å². The zero-order chi connectivity index (χ0) is 22.6. The number of rotatable bonds is 6. The molecular formula is C23H22N2O6S. The van der Waals surface area contributed by atoms with E-state index in [1.807, 2.05) is 0 Å². The van der Waals surface area contributed by atoms with Gasteiger partial charge in [-0.3, -0.25) is 9.52 Å². The molecule has 0 bridgehead atoms. The van der Waals surface area contributed by atoms with E-state index in [0.717, 1.165) is 6.42 Å². The summed E-state index contributed by atoms with van der Waals surface area (Å²) in [5, 5.41) is 2.77. The first-order chi connectivity index (χ1) is 15.5. The van der Waals surface area contributed by atoms with Crippen molar-refractivity contribution in [2.75, 3.05) is 30.4 Å². The quantitative estimate of drug-likeness (QED) is 0.585. The maximum absolute atomic E-state index is 12.8. The SMILES string of the molecule is COc1ccccc1C(=O)Nc1ccc(NS(=O)(=O)c2ccc3c(c2)OCCCO3)cc1. The zero-order valence-corrected chi connectivity index (χ0v) is 18.1. The van der Waals surface area contributed by atoms with Crippen LogP contribution in [0.3, 0.4) is 0 Å². The van der Waals surface area contributed by atoms with Crippen LogP contribution in [0.5, 0.6) is 17.2 Å². The first-order valence-electron chi connectivity index (χ1n) is 9.93. The minimum atomic E-state index is -3.84. The molecule has 0 atom stereocenters. The molecule has 0 aliphatic carbocycles. The maximum Gasteiger partial charge on any atom is 0.262 e. The molecule has 1 aliphatic heterocycles. The van der Waals surface area contributed by atoms with E-state index in [9.17, 15) is 13.2 Å². The fraction of sp³-hybridized carbons (Fsp3) is 0.174. The van der Waals surface area contributed by atoms with E-state index >= 15 is 0 Å². The highest BCUT2D eigenvalue weighted by Gasteiger charge is 2.19. The number of amides is 1. The van der Waals surface area contributed by atoms with Crippen molar-refractivity contribution in [2.24, 2.45) is 0 Å². The van der Waals surface area contributed by atoms with E-state index < -0.39 is 10.0 Å². The number of anilines is 2. The number of methoxy groups -OCH3 is 1. The summed E-state index contributed by atoms with van der Waals surface area (Å²) >= 11 is 0. The van der Waals surface area contributed by atoms with Gasteiger partial charge >= 0.3 is 0 Å². The summed E-state index contributed by atoms with van der Waals surface area (Å²) in [7, 11) is -2.34. The molecule has 4 rings (SSSR count). The first kappa shape index (κ1) is 21.5. The molecule has 0 radical (unpaired) electrons. The summed E-state index contributed by atoms with van der Waals surface area (Å²) in [6.07, 6.45) is 0.731. The summed E-state index contributed by atoms with van der Waals surface area (Å²) in [6.45, 7) is 0.989. The zero-order valence-electron chi connectivity index (χ0n) is 17.3. The Labute approximate surface area is 186 Å². The average molecular weight is 455 g/mol. The van der Waals surface area contributed by atoms with Crippen molar-refractivity contribution in [3.8, 4) is 17.2 Å². The monoisotopic (exact) mass is 454 g/mol. The predicted octanol–water partition coefficient (Wildman–Crippen LogP) is 3.91. The molecule has 0 saturated carbocycles. The van der Waals surface area contributed by atoms with Crippen molar-refractivity contribution in [1.29, 1.82) is 0 Å². The smallest absolute Gasteiger partial charge is 0.262 e. The summed E-state index contributed by atoms with van der Waals surface area (Å²) in [5.74, 6) is 1.06. The Morgan fingerprint density at radius 2 is 1.59 bits per heavy atom. The molecule has 9 heteroatoms. The van der Waals surface area contributed by atoms with Crippen LogP contribution in [0.1, 0.15) is 16.8 Å². The Balaban J connectivity index is 1.46. The summed E-state index contributed by atoms with van der Waals surface area (Å²) in [5.41, 5.74) is 1.26. The lowest BCUT2D eigenvalue weighted by Gasteiger charge is -2.12. The molecule has 0 fully saturated rings. The van der Waals surface area contributed by atoms with E-state index in [1.165, 1.54) is 19.2 Å². The van der Waals surface area contributed by atoms with Crippen molar-refractivity contribution >= 4 is 27.3 Å². The van der Waals surface area contributed by atoms with E-state index in [2.05, 4.69) is 10.0 Å². The molecule has 8 nitrogen and oxygen atoms in total. The molecule has 32 heavy (non-hydrogen) atoms. The molecule has 1 amide bonds. The Kier molecular flexibility index (Phi) is 6.18. The molecule has 3 aromatic rings. The van der Waals surface area contributed by atoms with E-state index in [1.54, 1.807) is 54.6 Å². The fourth-order valence-electron chi connectivity index (χ4n) is 3.18. The second-order valence-electron chi connectivity index (χ2n) is 7.00. The number of hydrogen-bond donors (Lipinski definition) is 2. The number of carbonyl (C=O) groups excluding carboxylic acids is 1. The lowest BCUT2D eigenvalue weighted by atomic mass is 10.2. The maximum atomic E-state index is 12.8. The topological polar surface area (TPSA) is 103 Å². The van der Waals surface area contributed by atoms with Crippen LogP contribution in [0.15, 0.2) is 71.6 Å². The normalized spacial score (nSPS) is 13.0. The third-order valence-electron chi connectivity index (χ3n) is 4.78. The van der Waals surface area contributed by atoms with Gasteiger partial charge in [-0.25, -0.2) is 8.42 Å². The van der Waals surface area contributed by atoms with Crippen LogP contribution in [0, 0.1) is 0 Å². The van der Waals surface area contributed by atoms with Gasteiger partial charge in [0, 0.05) is 23.9 Å². The highest BCUT2D eigenvalue weighted by molar-refractivity contribution is 7.92. The van der Waals surface area contributed by atoms with Crippen molar-refractivity contribution in [3.63, 3.8) is 0 Å². The molecule has 166 valence electrons. The van der Waals surface area contributed by atoms with Gasteiger partial charge in [0.1, 0.15) is 5.75 Å². The van der Waals surface area contributed by atoms with Crippen LogP contribution in [0.25, 0.3) is 0 Å². The van der Waals surface area contributed by atoms with Gasteiger partial charge in [-0.2, -0.15) is 0 Å². The highest BCUT2D eigenvalue weighted by Crippen LogP contribution is 2.32. The molecular weight excluding hydrogens is 432 g/mol. The second kappa shape index (κ2) is 9.19. The molecule has 1 aliphatic rings. The number of carbonyl (C=O) groups is 1. The van der Waals surface area contributed by atoms with Crippen LogP contribution in [-0.4, -0.2) is 34.6 Å². The Hall–Kier alpha value is -3.72. The second-order valence-corrected chi connectivity index (χ2v) is 8.68. The van der Waals surface area contributed by atoms with Crippen LogP contribution in [0.2, 0.25) is 0 Å². The third-order valence-corrected chi connectivity index (χ3v) is 6.15. The number of hydrogen-bond acceptors (Lipinski definition) is 6. The van der Waals surface area contributed by atoms with Crippen LogP contribution in [-0.2, 0) is 10.0 Å². The molecule has 0 aromatic heterocycles. The lowest BCUT2D eigenvalue weighted by molar-refractivity contribution is 0.102. The molecule has 0 spiro atoms. The predicted molar refractivity (Wildman–Crippen MR) is 120 cm³/mol. The van der Waals surface area contributed by atoms with E-state index in [-0.39, 0.29) is 10.8 Å². The van der Waals surface area contributed by atoms with Gasteiger partial charge in [0.2, 0.25) is 0 Å². The first-order valence-corrected chi connectivity index (χ1v) is 11.4. The number of sulfonamides is 1. The highest BCUT2D eigenvalue weighted by atomic mass is 32.2. The molecule has 0 unspecified atom stereocenters. The van der Waals surface area contributed by atoms with Gasteiger partial charge in [-0.05, 0) is 48.5 Å². The van der Waals surface area contributed by atoms with Gasteiger partial charge in [-0.15, -0.1) is 0 Å². The standard InChI is InChI=1S/C23H22N2O6S/c1-29-20-6-3-2-5-19(20)23(26)24-16-7-9-17(10-8-16)25-32(27,28)18-11-12-21-22(15-18)31-14-4-13-30-21/h2-3,5-12,15,25H,4,13-14H2,1H3,(H,24,26). The molecule has 2 N–H and O–H groups in total. The van der Waals surface area contributed by atoms with Crippen molar-refractivity contribution in [2.45, 2.75) is 11.3 Å². The Morgan fingerprint density at radius 1 is 0.906 bits per heavy atom. The molecule has 1 heterocycles. The van der Waals surface area contributed by atoms with Crippen molar-refractivity contribution < 1.29 is 27.4 Å². The Bertz CT molecular complexity index is 1230. The largest absolute Gasteiger partial charge is 0.496 e. The van der Waals surface area contributed by atoms with Gasteiger partial charge in [0.05, 0.1) is 30.8 Å². The van der Waals surface area contributed by atoms with E-state index in [4.69, 9.17) is 14.2 Å². The van der Waals surface area contributed by atoms with Crippen molar-refractivity contribution in [3.05, 3.63) is 72.3 Å². The minimum Gasteiger partial charge on any atom is -0.496 e. The van der Waals surface area contributed by atoms with Gasteiger partial charge in [-0.1, -0.05) is 12.1 Å². The van der Waals surface area contributed by atoms with Crippen molar-refractivity contribution in [1.82, 2.24) is 0 Å². The van der Waals surface area contributed by atoms with Gasteiger partial charge in [0.15, 0.2) is 11.5 Å². The molecule has 0 saturated heterocycles. The number of nitrogens with one attached hydrogen (secondary N) is 2. The Morgan fingerprint density at radius 3 is 2.34 bits per heavy atom. The molecule has 3 aromatic carbocycles. The van der Waals surface area contributed by atoms with Crippen LogP contribution >= 0.6 is 0 Å². The minimum absolute atomic E-state index is 0.0651. The number of benzene rings is 3. The number of ether oxygens (including phenoxy) is 3. The fourth-order valence-corrected chi connectivity index (χ4v) is 4.25. The van der Waals surface area contributed by atoms with Crippen LogP contribution in [0.4, 0.5) is 11.4 Å². The lowest BCUT2D eigenvalue weighted by Crippen LogP contribution is -2.14. The summed E-state index contributed by atoms with van der Waals surface area (Å²) in [4.78, 5) is 12.6. The summed E-state index contributed by atoms with van der Waals surface area (Å²) in [6, 6.07) is 17.7. The number of para-hydroxylation sites is 1. The number of fused-ring (bicyclic) bond motifs is 1. The summed E-state index contributed by atoms with van der Waals surface area (Å²) < 4.78 is 44.5. The van der Waals surface area contributed by atoms with Gasteiger partial charge < -0.3 is 19.5 Å².